The van der Waals surface area contributed by atoms with Crippen molar-refractivity contribution in [1.29, 1.82) is 0 Å². The number of rotatable bonds is 6. The van der Waals surface area contributed by atoms with E-state index < -0.39 is 5.82 Å². The first-order valence-corrected chi connectivity index (χ1v) is 10.3. The van der Waals surface area contributed by atoms with Crippen molar-refractivity contribution < 1.29 is 9.18 Å². The lowest BCUT2D eigenvalue weighted by molar-refractivity contribution is -0.113. The average Bonchev–Trinajstić information content (AvgIpc) is 3.30. The van der Waals surface area contributed by atoms with Gasteiger partial charge in [-0.1, -0.05) is 35.5 Å². The number of thioether (sulfide) groups is 1. The third-order valence-electron chi connectivity index (χ3n) is 4.13. The highest BCUT2D eigenvalue weighted by Gasteiger charge is 2.08. The van der Waals surface area contributed by atoms with Crippen LogP contribution in [0.4, 0.5) is 10.1 Å². The Balaban J connectivity index is 1.34. The number of hydrogen-bond acceptors (Lipinski definition) is 5. The summed E-state index contributed by atoms with van der Waals surface area (Å²) in [6.45, 7) is 0. The smallest absolute Gasteiger partial charge is 0.234 e. The van der Waals surface area contributed by atoms with Gasteiger partial charge in [-0.05, 0) is 48.5 Å². The van der Waals surface area contributed by atoms with Gasteiger partial charge in [-0.25, -0.2) is 9.07 Å². The first-order chi connectivity index (χ1) is 14.6. The predicted molar refractivity (Wildman–Crippen MR) is 115 cm³/mol. The van der Waals surface area contributed by atoms with Crippen LogP contribution < -0.4 is 5.32 Å². The molecule has 0 fully saturated rings. The monoisotopic (exact) mass is 439 g/mol. The van der Waals surface area contributed by atoms with Gasteiger partial charge < -0.3 is 5.32 Å². The van der Waals surface area contributed by atoms with Crippen LogP contribution in [-0.4, -0.2) is 31.6 Å². The number of benzene rings is 2. The summed E-state index contributed by atoms with van der Waals surface area (Å²) in [5.74, 6) is -0.639. The second-order valence-corrected chi connectivity index (χ2v) is 7.62. The molecule has 6 nitrogen and oxygen atoms in total. The molecular weight excluding hydrogens is 425 g/mol. The van der Waals surface area contributed by atoms with E-state index in [2.05, 4.69) is 20.6 Å². The summed E-state index contributed by atoms with van der Waals surface area (Å²) < 4.78 is 15.0. The van der Waals surface area contributed by atoms with E-state index in [0.717, 1.165) is 16.9 Å². The fraction of sp³-hybridized carbons (Fsp3) is 0.0476. The van der Waals surface area contributed by atoms with E-state index in [0.29, 0.717) is 10.7 Å². The van der Waals surface area contributed by atoms with Gasteiger partial charge in [0.25, 0.3) is 0 Å². The largest absolute Gasteiger partial charge is 0.325 e. The van der Waals surface area contributed by atoms with E-state index in [1.54, 1.807) is 10.9 Å². The molecule has 4 rings (SSSR count). The molecule has 0 bridgehead atoms. The molecule has 0 aliphatic rings. The Morgan fingerprint density at radius 3 is 2.60 bits per heavy atom. The van der Waals surface area contributed by atoms with Crippen LogP contribution in [0.5, 0.6) is 0 Å². The summed E-state index contributed by atoms with van der Waals surface area (Å²) in [6, 6.07) is 17.4. The fourth-order valence-corrected chi connectivity index (χ4v) is 3.46. The molecule has 0 radical (unpaired) electrons. The van der Waals surface area contributed by atoms with Gasteiger partial charge in [-0.15, -0.1) is 10.2 Å². The molecule has 0 saturated heterocycles. The number of hydrogen-bond donors (Lipinski definition) is 1. The molecule has 0 aliphatic heterocycles. The second-order valence-electron chi connectivity index (χ2n) is 6.22. The third-order valence-corrected chi connectivity index (χ3v) is 5.34. The molecule has 0 atom stereocenters. The molecular formula is C21H15ClFN5OS. The number of halogens is 2. The average molecular weight is 440 g/mol. The molecule has 2 aromatic carbocycles. The topological polar surface area (TPSA) is 72.7 Å². The molecule has 0 unspecified atom stereocenters. The molecule has 0 spiro atoms. The zero-order chi connectivity index (χ0) is 20.9. The quantitative estimate of drug-likeness (QED) is 0.435. The van der Waals surface area contributed by atoms with Crippen molar-refractivity contribution in [1.82, 2.24) is 20.0 Å². The second kappa shape index (κ2) is 9.06. The van der Waals surface area contributed by atoms with Gasteiger partial charge in [-0.3, -0.25) is 4.79 Å². The highest BCUT2D eigenvalue weighted by atomic mass is 35.5. The van der Waals surface area contributed by atoms with E-state index >= 15 is 0 Å². The van der Waals surface area contributed by atoms with Crippen LogP contribution in [-0.2, 0) is 4.79 Å². The van der Waals surface area contributed by atoms with E-state index in [1.807, 2.05) is 48.7 Å². The van der Waals surface area contributed by atoms with Gasteiger partial charge in [0, 0.05) is 23.6 Å². The number of carbonyl (C=O) groups is 1. The van der Waals surface area contributed by atoms with Crippen molar-refractivity contribution >= 4 is 35.0 Å². The SMILES string of the molecule is O=C(CSc1ccc(-c2ccc(-n3cccn3)cc2)nn1)Nc1ccc(F)c(Cl)c1. The Morgan fingerprint density at radius 1 is 1.10 bits per heavy atom. The van der Waals surface area contributed by atoms with E-state index in [-0.39, 0.29) is 16.7 Å². The maximum atomic E-state index is 13.2. The van der Waals surface area contributed by atoms with Crippen molar-refractivity contribution in [2.75, 3.05) is 11.1 Å². The Bertz CT molecular complexity index is 1150. The van der Waals surface area contributed by atoms with Crippen molar-refractivity contribution in [3.63, 3.8) is 0 Å². The van der Waals surface area contributed by atoms with E-state index in [1.165, 1.54) is 30.0 Å². The van der Waals surface area contributed by atoms with Crippen molar-refractivity contribution in [2.24, 2.45) is 0 Å². The third kappa shape index (κ3) is 4.84. The number of anilines is 1. The van der Waals surface area contributed by atoms with Crippen LogP contribution in [0.2, 0.25) is 5.02 Å². The zero-order valence-electron chi connectivity index (χ0n) is 15.5. The summed E-state index contributed by atoms with van der Waals surface area (Å²) in [5.41, 5.74) is 3.06. The normalized spacial score (nSPS) is 10.7. The molecule has 0 aliphatic carbocycles. The molecule has 2 aromatic heterocycles. The van der Waals surface area contributed by atoms with Gasteiger partial charge >= 0.3 is 0 Å². The summed E-state index contributed by atoms with van der Waals surface area (Å²) in [6.07, 6.45) is 3.60. The van der Waals surface area contributed by atoms with Crippen LogP contribution in [0.1, 0.15) is 0 Å². The lowest BCUT2D eigenvalue weighted by Gasteiger charge is -2.06. The minimum absolute atomic E-state index is 0.0421. The first kappa shape index (κ1) is 20.1. The number of aromatic nitrogens is 4. The number of nitrogens with zero attached hydrogens (tertiary/aromatic N) is 4. The molecule has 4 aromatic rings. The molecule has 9 heteroatoms. The Labute approximate surface area is 181 Å². The Hall–Kier alpha value is -3.23. The lowest BCUT2D eigenvalue weighted by atomic mass is 10.1. The van der Waals surface area contributed by atoms with Gasteiger partial charge in [0.2, 0.25) is 5.91 Å². The van der Waals surface area contributed by atoms with E-state index in [9.17, 15) is 9.18 Å². The van der Waals surface area contributed by atoms with E-state index in [4.69, 9.17) is 11.6 Å². The molecule has 30 heavy (non-hydrogen) atoms. The van der Waals surface area contributed by atoms with Crippen LogP contribution in [0.15, 0.2) is 78.1 Å². The molecule has 150 valence electrons. The highest BCUT2D eigenvalue weighted by molar-refractivity contribution is 7.99. The number of amides is 1. The molecule has 2 heterocycles. The van der Waals surface area contributed by atoms with Crippen LogP contribution >= 0.6 is 23.4 Å². The molecule has 0 saturated carbocycles. The highest BCUT2D eigenvalue weighted by Crippen LogP contribution is 2.22. The molecule has 1 amide bonds. The van der Waals surface area contributed by atoms with Crippen LogP contribution in [0.25, 0.3) is 16.9 Å². The van der Waals surface area contributed by atoms with Gasteiger partial charge in [0.15, 0.2) is 0 Å². The minimum Gasteiger partial charge on any atom is -0.325 e. The summed E-state index contributed by atoms with van der Waals surface area (Å²) in [4.78, 5) is 12.1. The van der Waals surface area contributed by atoms with Crippen molar-refractivity contribution in [3.05, 3.63) is 83.9 Å². The van der Waals surface area contributed by atoms with Crippen LogP contribution in [0.3, 0.4) is 0 Å². The van der Waals surface area contributed by atoms with Crippen molar-refractivity contribution in [2.45, 2.75) is 5.03 Å². The maximum absolute atomic E-state index is 13.2. The van der Waals surface area contributed by atoms with Crippen molar-refractivity contribution in [3.8, 4) is 16.9 Å². The Kier molecular flexibility index (Phi) is 6.06. The van der Waals surface area contributed by atoms with Crippen LogP contribution in [0, 0.1) is 5.82 Å². The van der Waals surface area contributed by atoms with Gasteiger partial charge in [-0.2, -0.15) is 5.10 Å². The molecule has 1 N–H and O–H groups in total. The maximum Gasteiger partial charge on any atom is 0.234 e. The zero-order valence-corrected chi connectivity index (χ0v) is 17.1. The first-order valence-electron chi connectivity index (χ1n) is 8.90. The van der Waals surface area contributed by atoms with Gasteiger partial charge in [0.1, 0.15) is 10.8 Å². The van der Waals surface area contributed by atoms with Gasteiger partial charge in [0.05, 0.1) is 22.2 Å². The summed E-state index contributed by atoms with van der Waals surface area (Å²) >= 11 is 6.97. The Morgan fingerprint density at radius 2 is 1.93 bits per heavy atom. The summed E-state index contributed by atoms with van der Waals surface area (Å²) in [7, 11) is 0. The summed E-state index contributed by atoms with van der Waals surface area (Å²) in [5, 5.41) is 15.9. The number of carbonyl (C=O) groups excluding carboxylic acids is 1. The standard InChI is InChI=1S/C21H15ClFN5OS/c22-17-12-15(4-7-18(17)23)25-20(29)13-30-21-9-8-19(26-27-21)14-2-5-16(6-3-14)28-11-1-10-24-28/h1-12H,13H2,(H,25,29). The number of nitrogens with one attached hydrogen (secondary N) is 1. The predicted octanol–water partition coefficient (Wildman–Crippen LogP) is 4.85. The fourth-order valence-electron chi connectivity index (χ4n) is 2.67. The lowest BCUT2D eigenvalue weighted by Crippen LogP contribution is -2.14. The minimum atomic E-state index is -0.532.